The molecule has 1 heterocycles. The van der Waals surface area contributed by atoms with Gasteiger partial charge in [0.15, 0.2) is 0 Å². The molecule has 0 bridgehead atoms. The van der Waals surface area contributed by atoms with Gasteiger partial charge in [0.1, 0.15) is 11.6 Å². The van der Waals surface area contributed by atoms with Crippen molar-refractivity contribution in [2.24, 2.45) is 0 Å². The van der Waals surface area contributed by atoms with Gasteiger partial charge in [-0.05, 0) is 48.4 Å². The molecule has 1 aliphatic rings. The molecule has 0 radical (unpaired) electrons. The minimum atomic E-state index is -0.374. The molecule has 2 N–H and O–H groups in total. The lowest BCUT2D eigenvalue weighted by Gasteiger charge is -2.10. The van der Waals surface area contributed by atoms with Gasteiger partial charge < -0.3 is 15.4 Å². The fraction of sp³-hybridized carbons (Fsp3) is 0.222. The largest absolute Gasteiger partial charge is 0.491 e. The van der Waals surface area contributed by atoms with E-state index in [1.54, 1.807) is 0 Å². The van der Waals surface area contributed by atoms with E-state index in [9.17, 15) is 14.0 Å². The molecular formula is C18H17FN2O3. The number of benzene rings is 2. The van der Waals surface area contributed by atoms with Crippen LogP contribution < -0.4 is 15.4 Å². The Hall–Kier alpha value is -2.89. The molecule has 0 spiro atoms. The van der Waals surface area contributed by atoms with Gasteiger partial charge >= 0.3 is 0 Å². The van der Waals surface area contributed by atoms with Gasteiger partial charge in [0.2, 0.25) is 5.91 Å². The fourth-order valence-corrected chi connectivity index (χ4v) is 2.45. The summed E-state index contributed by atoms with van der Waals surface area (Å²) >= 11 is 0. The lowest BCUT2D eigenvalue weighted by Crippen LogP contribution is -2.25. The Morgan fingerprint density at radius 2 is 2.00 bits per heavy atom. The maximum Gasteiger partial charge on any atom is 0.251 e. The highest BCUT2D eigenvalue weighted by atomic mass is 19.1. The van der Waals surface area contributed by atoms with Crippen LogP contribution in [0.1, 0.15) is 22.3 Å². The zero-order valence-corrected chi connectivity index (χ0v) is 13.0. The molecule has 0 fully saturated rings. The number of anilines is 1. The van der Waals surface area contributed by atoms with Gasteiger partial charge in [-0.3, -0.25) is 9.59 Å². The number of hydrogen-bond donors (Lipinski definition) is 2. The minimum Gasteiger partial charge on any atom is -0.491 e. The van der Waals surface area contributed by atoms with Crippen LogP contribution in [0.15, 0.2) is 42.5 Å². The van der Waals surface area contributed by atoms with Crippen molar-refractivity contribution < 1.29 is 18.7 Å². The quantitative estimate of drug-likeness (QED) is 0.906. The first-order valence-corrected chi connectivity index (χ1v) is 7.71. The van der Waals surface area contributed by atoms with Crippen LogP contribution in [0, 0.1) is 5.82 Å². The molecule has 0 saturated carbocycles. The van der Waals surface area contributed by atoms with Crippen LogP contribution in [0.25, 0.3) is 0 Å². The van der Waals surface area contributed by atoms with Gasteiger partial charge in [-0.15, -0.1) is 0 Å². The monoisotopic (exact) mass is 328 g/mol. The van der Waals surface area contributed by atoms with Crippen LogP contribution >= 0.6 is 0 Å². The van der Waals surface area contributed by atoms with Gasteiger partial charge in [0.25, 0.3) is 5.91 Å². The van der Waals surface area contributed by atoms with Crippen LogP contribution in [0.2, 0.25) is 0 Å². The third-order valence-electron chi connectivity index (χ3n) is 3.71. The van der Waals surface area contributed by atoms with Gasteiger partial charge in [-0.2, -0.15) is 0 Å². The third-order valence-corrected chi connectivity index (χ3v) is 3.71. The first kappa shape index (κ1) is 16.0. The van der Waals surface area contributed by atoms with E-state index in [4.69, 9.17) is 4.74 Å². The summed E-state index contributed by atoms with van der Waals surface area (Å²) < 4.78 is 18.3. The fourth-order valence-electron chi connectivity index (χ4n) is 2.45. The topological polar surface area (TPSA) is 67.4 Å². The molecule has 124 valence electrons. The van der Waals surface area contributed by atoms with Crippen LogP contribution in [0.5, 0.6) is 5.75 Å². The molecular weight excluding hydrogens is 311 g/mol. The summed E-state index contributed by atoms with van der Waals surface area (Å²) in [4.78, 5) is 23.5. The molecule has 0 aliphatic carbocycles. The first-order valence-electron chi connectivity index (χ1n) is 7.71. The number of halogens is 1. The zero-order valence-electron chi connectivity index (χ0n) is 13.0. The summed E-state index contributed by atoms with van der Waals surface area (Å²) in [7, 11) is 0. The summed E-state index contributed by atoms with van der Waals surface area (Å²) in [5, 5.41) is 5.59. The highest BCUT2D eigenvalue weighted by molar-refractivity contribution is 5.94. The van der Waals surface area contributed by atoms with Gasteiger partial charge in [-0.25, -0.2) is 4.39 Å². The van der Waals surface area contributed by atoms with E-state index in [0.29, 0.717) is 43.0 Å². The Morgan fingerprint density at radius 1 is 1.21 bits per heavy atom. The smallest absolute Gasteiger partial charge is 0.251 e. The second kappa shape index (κ2) is 7.12. The summed E-state index contributed by atoms with van der Waals surface area (Å²) in [5.74, 6) is -0.0438. The number of hydrogen-bond acceptors (Lipinski definition) is 3. The van der Waals surface area contributed by atoms with Crippen molar-refractivity contribution in [2.75, 3.05) is 18.5 Å². The van der Waals surface area contributed by atoms with Gasteiger partial charge in [-0.1, -0.05) is 6.07 Å². The Bertz CT molecular complexity index is 759. The van der Waals surface area contributed by atoms with Crippen molar-refractivity contribution >= 4 is 17.5 Å². The molecule has 5 nitrogen and oxygen atoms in total. The van der Waals surface area contributed by atoms with E-state index in [0.717, 1.165) is 5.56 Å². The summed E-state index contributed by atoms with van der Waals surface area (Å²) in [6.07, 6.45) is 0.938. The predicted octanol–water partition coefficient (Wildman–Crippen LogP) is 2.52. The normalized spacial score (nSPS) is 13.3. The van der Waals surface area contributed by atoms with Crippen LogP contribution in [0.4, 0.5) is 10.1 Å². The molecule has 24 heavy (non-hydrogen) atoms. The number of nitrogens with one attached hydrogen (secondary N) is 2. The average molecular weight is 328 g/mol. The molecule has 0 aromatic heterocycles. The lowest BCUT2D eigenvalue weighted by molar-refractivity contribution is -0.116. The highest BCUT2D eigenvalue weighted by Crippen LogP contribution is 2.28. The summed E-state index contributed by atoms with van der Waals surface area (Å²) in [5.41, 5.74) is 2.04. The molecule has 2 amide bonds. The van der Waals surface area contributed by atoms with E-state index in [1.807, 2.05) is 18.2 Å². The van der Waals surface area contributed by atoms with Crippen molar-refractivity contribution in [1.29, 1.82) is 0 Å². The predicted molar refractivity (Wildman–Crippen MR) is 87.6 cm³/mol. The standard InChI is InChI=1S/C18H17FN2O3/c19-14-4-2-13(3-5-14)18(23)20-9-7-12-1-6-16-15(11-12)21-17(22)8-10-24-16/h1-6,11H,7-10H2,(H,20,23)(H,21,22). The van der Waals surface area contributed by atoms with E-state index < -0.39 is 0 Å². The van der Waals surface area contributed by atoms with Crippen molar-refractivity contribution in [3.8, 4) is 5.75 Å². The number of carbonyl (C=O) groups is 2. The van der Waals surface area contributed by atoms with Crippen LogP contribution in [-0.4, -0.2) is 25.0 Å². The molecule has 1 aliphatic heterocycles. The van der Waals surface area contributed by atoms with Crippen molar-refractivity contribution in [1.82, 2.24) is 5.32 Å². The Morgan fingerprint density at radius 3 is 2.79 bits per heavy atom. The van der Waals surface area contributed by atoms with Crippen LogP contribution in [0.3, 0.4) is 0 Å². The molecule has 0 atom stereocenters. The minimum absolute atomic E-state index is 0.0736. The Labute approximate surface area is 138 Å². The second-order valence-corrected chi connectivity index (χ2v) is 5.49. The number of amides is 2. The van der Waals surface area contributed by atoms with Crippen molar-refractivity contribution in [2.45, 2.75) is 12.8 Å². The highest BCUT2D eigenvalue weighted by Gasteiger charge is 2.14. The third kappa shape index (κ3) is 3.90. The molecule has 6 heteroatoms. The maximum absolute atomic E-state index is 12.8. The number of carbonyl (C=O) groups excluding carboxylic acids is 2. The van der Waals surface area contributed by atoms with Crippen LogP contribution in [-0.2, 0) is 11.2 Å². The second-order valence-electron chi connectivity index (χ2n) is 5.49. The lowest BCUT2D eigenvalue weighted by atomic mass is 10.1. The molecule has 3 rings (SSSR count). The molecule has 2 aromatic carbocycles. The maximum atomic E-state index is 12.8. The Balaban J connectivity index is 1.58. The molecule has 2 aromatic rings. The molecule has 0 unspecified atom stereocenters. The van der Waals surface area contributed by atoms with Gasteiger partial charge in [0.05, 0.1) is 18.7 Å². The average Bonchev–Trinajstić information content (AvgIpc) is 2.75. The van der Waals surface area contributed by atoms with E-state index >= 15 is 0 Å². The number of rotatable bonds is 4. The SMILES string of the molecule is O=C1CCOc2ccc(CCNC(=O)c3ccc(F)cc3)cc2N1. The van der Waals surface area contributed by atoms with Crippen molar-refractivity contribution in [3.05, 3.63) is 59.4 Å². The zero-order chi connectivity index (χ0) is 16.9. The first-order chi connectivity index (χ1) is 11.6. The number of fused-ring (bicyclic) bond motifs is 1. The van der Waals surface area contributed by atoms with Gasteiger partial charge in [0, 0.05) is 12.1 Å². The van der Waals surface area contributed by atoms with Crippen molar-refractivity contribution in [3.63, 3.8) is 0 Å². The summed E-state index contributed by atoms with van der Waals surface area (Å²) in [6, 6.07) is 11.0. The summed E-state index contributed by atoms with van der Waals surface area (Å²) in [6.45, 7) is 0.801. The Kier molecular flexibility index (Phi) is 4.74. The van der Waals surface area contributed by atoms with E-state index in [2.05, 4.69) is 10.6 Å². The van der Waals surface area contributed by atoms with E-state index in [1.165, 1.54) is 24.3 Å². The van der Waals surface area contributed by atoms with E-state index in [-0.39, 0.29) is 17.6 Å². The molecule has 0 saturated heterocycles. The number of ether oxygens (including phenoxy) is 1.